The molecule has 1 aromatic heterocycles. The van der Waals surface area contributed by atoms with Gasteiger partial charge in [0, 0.05) is 13.3 Å². The molecule has 21 heavy (non-hydrogen) atoms. The maximum atomic E-state index is 11.6. The highest BCUT2D eigenvalue weighted by Gasteiger charge is 2.29. The summed E-state index contributed by atoms with van der Waals surface area (Å²) in [6.45, 7) is 1.32. The quantitative estimate of drug-likeness (QED) is 0.468. The lowest BCUT2D eigenvalue weighted by Gasteiger charge is -2.21. The Balaban J connectivity index is 2.21. The molecule has 8 nitrogen and oxygen atoms in total. The van der Waals surface area contributed by atoms with Crippen LogP contribution in [0.25, 0.3) is 0 Å². The number of amides is 2. The van der Waals surface area contributed by atoms with Crippen molar-refractivity contribution in [2.45, 2.75) is 25.8 Å². The van der Waals surface area contributed by atoms with Crippen molar-refractivity contribution < 1.29 is 23.9 Å². The first-order valence-electron chi connectivity index (χ1n) is 6.12. The lowest BCUT2D eigenvalue weighted by atomic mass is 10.1. The van der Waals surface area contributed by atoms with Crippen LogP contribution < -0.4 is 10.6 Å². The topological polar surface area (TPSA) is 114 Å². The van der Waals surface area contributed by atoms with Gasteiger partial charge in [-0.2, -0.15) is 0 Å². The molecule has 2 rings (SSSR count). The van der Waals surface area contributed by atoms with Gasteiger partial charge in [-0.05, 0) is 6.42 Å². The van der Waals surface area contributed by atoms with Crippen LogP contribution in [0.1, 0.15) is 39.9 Å². The fraction of sp³-hybridized carbons (Fsp3) is 0.417. The van der Waals surface area contributed by atoms with Crippen molar-refractivity contribution in [1.82, 2.24) is 10.3 Å². The second kappa shape index (κ2) is 6.00. The van der Waals surface area contributed by atoms with Crippen molar-refractivity contribution in [3.63, 3.8) is 0 Å². The van der Waals surface area contributed by atoms with Crippen LogP contribution in [0, 0.1) is 0 Å². The highest BCUT2D eigenvalue weighted by molar-refractivity contribution is 7.17. The molecular weight excluding hydrogens is 298 g/mol. The number of rotatable bonds is 4. The number of carbonyl (C=O) groups is 4. The average Bonchev–Trinajstić information content (AvgIpc) is 2.85. The number of thiazole rings is 1. The predicted octanol–water partition coefficient (Wildman–Crippen LogP) is 0.349. The number of esters is 1. The summed E-state index contributed by atoms with van der Waals surface area (Å²) in [4.78, 5) is 50.0. The third kappa shape index (κ3) is 3.24. The number of hydrogen-bond donors (Lipinski definition) is 2. The van der Waals surface area contributed by atoms with Gasteiger partial charge in [0.1, 0.15) is 10.9 Å². The fourth-order valence-electron chi connectivity index (χ4n) is 1.84. The second-order valence-corrected chi connectivity index (χ2v) is 5.39. The predicted molar refractivity (Wildman–Crippen MR) is 73.3 cm³/mol. The Kier molecular flexibility index (Phi) is 4.32. The zero-order valence-electron chi connectivity index (χ0n) is 11.4. The lowest BCUT2D eigenvalue weighted by Crippen LogP contribution is -2.47. The lowest BCUT2D eigenvalue weighted by molar-refractivity contribution is -0.133. The van der Waals surface area contributed by atoms with Gasteiger partial charge in [0.15, 0.2) is 16.6 Å². The summed E-state index contributed by atoms with van der Waals surface area (Å²) in [5.41, 5.74) is -0.0789. The van der Waals surface area contributed by atoms with Gasteiger partial charge in [0.2, 0.25) is 11.8 Å². The van der Waals surface area contributed by atoms with Gasteiger partial charge in [0.05, 0.1) is 7.11 Å². The summed E-state index contributed by atoms with van der Waals surface area (Å²) in [6.07, 6.45) is 0.547. The van der Waals surface area contributed by atoms with Gasteiger partial charge in [-0.3, -0.25) is 19.7 Å². The van der Waals surface area contributed by atoms with E-state index < -0.39 is 17.9 Å². The molecule has 0 aromatic carbocycles. The first-order chi connectivity index (χ1) is 9.92. The van der Waals surface area contributed by atoms with Crippen molar-refractivity contribution in [2.24, 2.45) is 0 Å². The maximum absolute atomic E-state index is 11.6. The Hall–Kier alpha value is -2.29. The molecule has 0 spiro atoms. The van der Waals surface area contributed by atoms with Crippen molar-refractivity contribution in [1.29, 1.82) is 0 Å². The zero-order chi connectivity index (χ0) is 15.6. The van der Waals surface area contributed by atoms with Crippen molar-refractivity contribution in [2.75, 3.05) is 12.4 Å². The molecule has 2 heterocycles. The standard InChI is InChI=1S/C12H13N3O5S/c1-5(16)9-8(11(19)20-2)15-12(21-9)13-6-3-4-7(17)14-10(6)18/h6H,3-4H2,1-2H3,(H,13,15)(H,14,17,18). The van der Waals surface area contributed by atoms with Crippen molar-refractivity contribution in [3.8, 4) is 0 Å². The summed E-state index contributed by atoms with van der Waals surface area (Å²) in [7, 11) is 1.19. The molecule has 1 fully saturated rings. The first-order valence-corrected chi connectivity index (χ1v) is 6.94. The largest absolute Gasteiger partial charge is 0.464 e. The minimum absolute atomic E-state index is 0.0789. The number of imide groups is 1. The summed E-state index contributed by atoms with van der Waals surface area (Å²) >= 11 is 0.970. The van der Waals surface area contributed by atoms with E-state index in [1.54, 1.807) is 0 Å². The van der Waals surface area contributed by atoms with E-state index in [0.29, 0.717) is 6.42 Å². The normalized spacial score (nSPS) is 18.1. The third-order valence-corrected chi connectivity index (χ3v) is 3.95. The van der Waals surface area contributed by atoms with Crippen molar-refractivity contribution >= 4 is 40.0 Å². The molecule has 0 aliphatic carbocycles. The SMILES string of the molecule is COC(=O)c1nc(NC2CCC(=O)NC2=O)sc1C(C)=O. The Morgan fingerprint density at radius 3 is 2.71 bits per heavy atom. The van der Waals surface area contributed by atoms with Crippen molar-refractivity contribution in [3.05, 3.63) is 10.6 Å². The van der Waals surface area contributed by atoms with Crippen LogP contribution in [-0.2, 0) is 14.3 Å². The number of hydrogen-bond acceptors (Lipinski definition) is 8. The number of ketones is 1. The van der Waals surface area contributed by atoms with E-state index in [0.717, 1.165) is 11.3 Å². The van der Waals surface area contributed by atoms with Crippen LogP contribution in [0.15, 0.2) is 0 Å². The van der Waals surface area contributed by atoms with Gasteiger partial charge in [0.25, 0.3) is 0 Å². The Bertz CT molecular complexity index is 624. The molecule has 1 unspecified atom stereocenters. The van der Waals surface area contributed by atoms with Gasteiger partial charge in [-0.1, -0.05) is 11.3 Å². The average molecular weight is 311 g/mol. The van der Waals surface area contributed by atoms with Crippen LogP contribution in [0.5, 0.6) is 0 Å². The van der Waals surface area contributed by atoms with Crippen LogP contribution in [0.2, 0.25) is 0 Å². The van der Waals surface area contributed by atoms with Gasteiger partial charge >= 0.3 is 5.97 Å². The van der Waals surface area contributed by atoms with E-state index >= 15 is 0 Å². The number of Topliss-reactive ketones (excluding diaryl/α,β-unsaturated/α-hetero) is 1. The summed E-state index contributed by atoms with van der Waals surface area (Å²) in [5, 5.41) is 5.29. The van der Waals surface area contributed by atoms with E-state index in [9.17, 15) is 19.2 Å². The van der Waals surface area contributed by atoms with E-state index in [4.69, 9.17) is 0 Å². The number of aromatic nitrogens is 1. The number of anilines is 1. The molecule has 0 saturated carbocycles. The summed E-state index contributed by atoms with van der Waals surface area (Å²) in [5.74, 6) is -1.81. The number of ether oxygens (including phenoxy) is 1. The molecule has 1 saturated heterocycles. The first kappa shape index (κ1) is 15.1. The maximum Gasteiger partial charge on any atom is 0.358 e. The highest BCUT2D eigenvalue weighted by Crippen LogP contribution is 2.25. The monoisotopic (exact) mass is 311 g/mol. The van der Waals surface area contributed by atoms with Crippen LogP contribution >= 0.6 is 11.3 Å². The molecule has 2 N–H and O–H groups in total. The van der Waals surface area contributed by atoms with Gasteiger partial charge < -0.3 is 10.1 Å². The Morgan fingerprint density at radius 1 is 1.43 bits per heavy atom. The number of methoxy groups -OCH3 is 1. The van der Waals surface area contributed by atoms with E-state index in [-0.39, 0.29) is 33.8 Å². The number of piperidine rings is 1. The van der Waals surface area contributed by atoms with E-state index in [1.807, 2.05) is 0 Å². The second-order valence-electron chi connectivity index (χ2n) is 4.39. The minimum Gasteiger partial charge on any atom is -0.464 e. The Morgan fingerprint density at radius 2 is 2.14 bits per heavy atom. The number of carbonyl (C=O) groups excluding carboxylic acids is 4. The molecule has 2 amide bonds. The Labute approximate surface area is 123 Å². The molecule has 1 aliphatic rings. The molecular formula is C12H13N3O5S. The number of nitrogens with zero attached hydrogens (tertiary/aromatic N) is 1. The fourth-order valence-corrected chi connectivity index (χ4v) is 2.74. The van der Waals surface area contributed by atoms with Crippen LogP contribution in [0.4, 0.5) is 5.13 Å². The minimum atomic E-state index is -0.715. The number of nitrogens with one attached hydrogen (secondary N) is 2. The molecule has 112 valence electrons. The molecule has 1 aliphatic heterocycles. The molecule has 9 heteroatoms. The molecule has 1 atom stereocenters. The molecule has 0 radical (unpaired) electrons. The van der Waals surface area contributed by atoms with E-state index in [2.05, 4.69) is 20.4 Å². The van der Waals surface area contributed by atoms with Crippen LogP contribution in [-0.4, -0.2) is 41.7 Å². The van der Waals surface area contributed by atoms with Gasteiger partial charge in [-0.15, -0.1) is 0 Å². The molecule has 1 aromatic rings. The highest BCUT2D eigenvalue weighted by atomic mass is 32.1. The smallest absolute Gasteiger partial charge is 0.358 e. The van der Waals surface area contributed by atoms with E-state index in [1.165, 1.54) is 14.0 Å². The van der Waals surface area contributed by atoms with Gasteiger partial charge in [-0.25, -0.2) is 9.78 Å². The summed E-state index contributed by atoms with van der Waals surface area (Å²) < 4.78 is 4.57. The summed E-state index contributed by atoms with van der Waals surface area (Å²) in [6, 6.07) is -0.626. The van der Waals surface area contributed by atoms with Crippen LogP contribution in [0.3, 0.4) is 0 Å². The molecule has 0 bridgehead atoms. The zero-order valence-corrected chi connectivity index (χ0v) is 12.2. The third-order valence-electron chi connectivity index (χ3n) is 2.86.